The molecule has 1 unspecified atom stereocenters. The highest BCUT2D eigenvalue weighted by atomic mass is 35.5. The maximum Gasteiger partial charge on any atom is 0.319 e. The Balaban J connectivity index is 1.89. The van der Waals surface area contributed by atoms with E-state index >= 15 is 0 Å². The average Bonchev–Trinajstić information content (AvgIpc) is 2.88. The van der Waals surface area contributed by atoms with Gasteiger partial charge in [-0.25, -0.2) is 4.79 Å². The van der Waals surface area contributed by atoms with Gasteiger partial charge >= 0.3 is 6.03 Å². The van der Waals surface area contributed by atoms with Gasteiger partial charge in [0, 0.05) is 10.6 Å². The number of nitrogens with one attached hydrogen (secondary N) is 2. The zero-order valence-electron chi connectivity index (χ0n) is 11.9. The normalized spacial score (nSPS) is 11.8. The molecular formula is C15H17ClN2O2S. The molecule has 0 aliphatic rings. The van der Waals surface area contributed by atoms with Crippen LogP contribution in [0.2, 0.25) is 4.34 Å². The fourth-order valence-electron chi connectivity index (χ4n) is 1.80. The van der Waals surface area contributed by atoms with E-state index in [1.807, 2.05) is 38.1 Å². The van der Waals surface area contributed by atoms with E-state index < -0.39 is 0 Å². The van der Waals surface area contributed by atoms with Crippen LogP contribution in [0, 0.1) is 0 Å². The van der Waals surface area contributed by atoms with Crippen molar-refractivity contribution in [1.82, 2.24) is 5.32 Å². The molecule has 2 rings (SSSR count). The fraction of sp³-hybridized carbons (Fsp3) is 0.267. The molecule has 1 atom stereocenters. The Morgan fingerprint density at radius 1 is 1.29 bits per heavy atom. The number of hydrogen-bond donors (Lipinski definition) is 2. The number of halogens is 1. The number of thiophene rings is 1. The average molecular weight is 325 g/mol. The van der Waals surface area contributed by atoms with Crippen LogP contribution in [0.1, 0.15) is 24.8 Å². The van der Waals surface area contributed by atoms with Crippen LogP contribution in [0.25, 0.3) is 0 Å². The first-order valence-corrected chi connectivity index (χ1v) is 7.83. The molecule has 0 aliphatic carbocycles. The summed E-state index contributed by atoms with van der Waals surface area (Å²) >= 11 is 7.35. The van der Waals surface area contributed by atoms with Gasteiger partial charge in [0.2, 0.25) is 0 Å². The van der Waals surface area contributed by atoms with Crippen LogP contribution in [0.15, 0.2) is 36.4 Å². The number of hydrogen-bond acceptors (Lipinski definition) is 3. The number of urea groups is 1. The van der Waals surface area contributed by atoms with Gasteiger partial charge in [0.05, 0.1) is 17.0 Å². The maximum atomic E-state index is 11.9. The van der Waals surface area contributed by atoms with E-state index in [2.05, 4.69) is 10.6 Å². The first kappa shape index (κ1) is 15.7. The second kappa shape index (κ2) is 7.33. The number of amides is 2. The summed E-state index contributed by atoms with van der Waals surface area (Å²) in [7, 11) is 0. The van der Waals surface area contributed by atoms with Crippen molar-refractivity contribution in [2.75, 3.05) is 11.9 Å². The van der Waals surface area contributed by atoms with Crippen LogP contribution < -0.4 is 15.4 Å². The molecule has 112 valence electrons. The summed E-state index contributed by atoms with van der Waals surface area (Å²) in [4.78, 5) is 12.9. The monoisotopic (exact) mass is 324 g/mol. The number of benzene rings is 1. The molecule has 2 N–H and O–H groups in total. The third-order valence-corrected chi connectivity index (χ3v) is 4.21. The summed E-state index contributed by atoms with van der Waals surface area (Å²) in [6.07, 6.45) is 0. The molecule has 0 bridgehead atoms. The molecule has 0 saturated carbocycles. The Morgan fingerprint density at radius 3 is 2.57 bits per heavy atom. The van der Waals surface area contributed by atoms with Crippen LogP contribution >= 0.6 is 22.9 Å². The molecular weight excluding hydrogens is 308 g/mol. The maximum absolute atomic E-state index is 11.9. The van der Waals surface area contributed by atoms with E-state index in [1.54, 1.807) is 12.1 Å². The summed E-state index contributed by atoms with van der Waals surface area (Å²) in [5.74, 6) is 0.782. The lowest BCUT2D eigenvalue weighted by molar-refractivity contribution is 0.249. The zero-order chi connectivity index (χ0) is 15.2. The molecule has 4 nitrogen and oxygen atoms in total. The fourth-order valence-corrected chi connectivity index (χ4v) is 2.86. The first-order valence-electron chi connectivity index (χ1n) is 6.64. The van der Waals surface area contributed by atoms with Gasteiger partial charge in [0.15, 0.2) is 0 Å². The summed E-state index contributed by atoms with van der Waals surface area (Å²) in [6, 6.07) is 10.6. The minimum atomic E-state index is -0.254. The molecule has 1 aromatic carbocycles. The van der Waals surface area contributed by atoms with Crippen LogP contribution in [0.4, 0.5) is 10.5 Å². The van der Waals surface area contributed by atoms with Crippen molar-refractivity contribution in [2.24, 2.45) is 0 Å². The van der Waals surface area contributed by atoms with Crippen LogP contribution in [-0.4, -0.2) is 12.6 Å². The molecule has 1 aromatic heterocycles. The van der Waals surface area contributed by atoms with E-state index in [0.717, 1.165) is 10.6 Å². The van der Waals surface area contributed by atoms with Gasteiger partial charge in [-0.05, 0) is 50.2 Å². The summed E-state index contributed by atoms with van der Waals surface area (Å²) < 4.78 is 6.06. The van der Waals surface area contributed by atoms with E-state index in [0.29, 0.717) is 16.6 Å². The second-order valence-corrected chi connectivity index (χ2v) is 6.17. The van der Waals surface area contributed by atoms with Gasteiger partial charge in [0.1, 0.15) is 5.75 Å². The van der Waals surface area contributed by atoms with Gasteiger partial charge in [-0.1, -0.05) is 11.6 Å². The Morgan fingerprint density at radius 2 is 2.00 bits per heavy atom. The van der Waals surface area contributed by atoms with E-state index in [-0.39, 0.29) is 12.1 Å². The smallest absolute Gasteiger partial charge is 0.319 e. The predicted octanol–water partition coefficient (Wildman–Crippen LogP) is 4.68. The van der Waals surface area contributed by atoms with E-state index in [1.165, 1.54) is 11.3 Å². The summed E-state index contributed by atoms with van der Waals surface area (Å²) in [5.41, 5.74) is 0.715. The number of ether oxygens (including phenoxy) is 1. The van der Waals surface area contributed by atoms with Crippen molar-refractivity contribution in [1.29, 1.82) is 0 Å². The molecule has 0 spiro atoms. The van der Waals surface area contributed by atoms with Crippen molar-refractivity contribution in [3.63, 3.8) is 0 Å². The number of carbonyl (C=O) groups excluding carboxylic acids is 1. The quantitative estimate of drug-likeness (QED) is 0.838. The Labute approximate surface area is 133 Å². The second-order valence-electron chi connectivity index (χ2n) is 4.42. The van der Waals surface area contributed by atoms with Crippen LogP contribution in [0.5, 0.6) is 5.75 Å². The van der Waals surface area contributed by atoms with Crippen molar-refractivity contribution >= 4 is 34.7 Å². The number of rotatable bonds is 5. The molecule has 2 aromatic rings. The third kappa shape index (κ3) is 4.65. The summed E-state index contributed by atoms with van der Waals surface area (Å²) in [6.45, 7) is 4.46. The SMILES string of the molecule is CCOc1ccc(NC(=O)NC(C)c2ccc(Cl)s2)cc1. The molecule has 0 fully saturated rings. The Hall–Kier alpha value is -1.72. The highest BCUT2D eigenvalue weighted by molar-refractivity contribution is 7.16. The van der Waals surface area contributed by atoms with Crippen molar-refractivity contribution in [2.45, 2.75) is 19.9 Å². The topological polar surface area (TPSA) is 50.4 Å². The lowest BCUT2D eigenvalue weighted by Gasteiger charge is -2.13. The highest BCUT2D eigenvalue weighted by Gasteiger charge is 2.11. The van der Waals surface area contributed by atoms with Gasteiger partial charge in [0.25, 0.3) is 0 Å². The largest absolute Gasteiger partial charge is 0.494 e. The van der Waals surface area contributed by atoms with Crippen molar-refractivity contribution in [3.8, 4) is 5.75 Å². The molecule has 6 heteroatoms. The van der Waals surface area contributed by atoms with E-state index in [4.69, 9.17) is 16.3 Å². The molecule has 1 heterocycles. The first-order chi connectivity index (χ1) is 10.1. The van der Waals surface area contributed by atoms with Crippen molar-refractivity contribution in [3.05, 3.63) is 45.6 Å². The van der Waals surface area contributed by atoms with Crippen LogP contribution in [0.3, 0.4) is 0 Å². The predicted molar refractivity (Wildman–Crippen MR) is 87.5 cm³/mol. The van der Waals surface area contributed by atoms with Crippen LogP contribution in [-0.2, 0) is 0 Å². The summed E-state index contributed by atoms with van der Waals surface area (Å²) in [5, 5.41) is 5.65. The van der Waals surface area contributed by atoms with E-state index in [9.17, 15) is 4.79 Å². The van der Waals surface area contributed by atoms with Gasteiger partial charge in [-0.3, -0.25) is 0 Å². The molecule has 21 heavy (non-hydrogen) atoms. The lowest BCUT2D eigenvalue weighted by atomic mass is 10.3. The van der Waals surface area contributed by atoms with Gasteiger partial charge in [-0.15, -0.1) is 11.3 Å². The van der Waals surface area contributed by atoms with Gasteiger partial charge < -0.3 is 15.4 Å². The Kier molecular flexibility index (Phi) is 5.47. The Bertz CT molecular complexity index is 598. The highest BCUT2D eigenvalue weighted by Crippen LogP contribution is 2.26. The third-order valence-electron chi connectivity index (χ3n) is 2.79. The molecule has 0 radical (unpaired) electrons. The molecule has 0 aliphatic heterocycles. The molecule has 2 amide bonds. The minimum absolute atomic E-state index is 0.0924. The number of anilines is 1. The standard InChI is InChI=1S/C15H17ClN2O2S/c1-3-20-12-6-4-11(5-7-12)18-15(19)17-10(2)13-8-9-14(16)21-13/h4-10H,3H2,1-2H3,(H2,17,18,19). The van der Waals surface area contributed by atoms with Gasteiger partial charge in [-0.2, -0.15) is 0 Å². The molecule has 0 saturated heterocycles. The van der Waals surface area contributed by atoms with Crippen molar-refractivity contribution < 1.29 is 9.53 Å². The number of carbonyl (C=O) groups is 1. The lowest BCUT2D eigenvalue weighted by Crippen LogP contribution is -2.30. The minimum Gasteiger partial charge on any atom is -0.494 e. The zero-order valence-corrected chi connectivity index (χ0v) is 13.4.